The minimum Gasteiger partial charge on any atom is -0.378 e. The molecular weight excluding hydrogens is 348 g/mol. The van der Waals surface area contributed by atoms with Gasteiger partial charge >= 0.3 is 0 Å². The summed E-state index contributed by atoms with van der Waals surface area (Å²) in [7, 11) is 0. The molecule has 1 aliphatic rings. The van der Waals surface area contributed by atoms with E-state index in [1.165, 1.54) is 0 Å². The summed E-state index contributed by atoms with van der Waals surface area (Å²) in [6.45, 7) is 4.97. The fourth-order valence-electron chi connectivity index (χ4n) is 2.74. The summed E-state index contributed by atoms with van der Waals surface area (Å²) in [4.78, 5) is 23.3. The molecule has 138 valence electrons. The first-order valence-electron chi connectivity index (χ1n) is 8.79. The number of benzene rings is 1. The maximum absolute atomic E-state index is 11.5. The monoisotopic (exact) mass is 372 g/mol. The van der Waals surface area contributed by atoms with Crippen LogP contribution in [-0.2, 0) is 15.3 Å². The number of carbonyl (C=O) groups excluding carboxylic acids is 1. The lowest BCUT2D eigenvalue weighted by Gasteiger charge is -2.28. The normalized spacial score (nSPS) is 14.3. The van der Waals surface area contributed by atoms with Crippen LogP contribution in [0.3, 0.4) is 0 Å². The van der Waals surface area contributed by atoms with Crippen molar-refractivity contribution >= 4 is 29.2 Å². The third kappa shape index (κ3) is 4.74. The third-order valence-electron chi connectivity index (χ3n) is 4.14. The summed E-state index contributed by atoms with van der Waals surface area (Å²) in [5, 5.41) is 2.86. The number of carbonyl (C=O) groups is 1. The maximum Gasteiger partial charge on any atom is 0.224 e. The molecule has 1 saturated heterocycles. The van der Waals surface area contributed by atoms with Crippen molar-refractivity contribution in [3.63, 3.8) is 0 Å². The van der Waals surface area contributed by atoms with E-state index in [9.17, 15) is 4.79 Å². The van der Waals surface area contributed by atoms with Crippen molar-refractivity contribution in [2.24, 2.45) is 0 Å². The van der Waals surface area contributed by atoms with E-state index in [2.05, 4.69) is 22.5 Å². The van der Waals surface area contributed by atoms with E-state index < -0.39 is 0 Å². The molecule has 1 aromatic carbocycles. The summed E-state index contributed by atoms with van der Waals surface area (Å²) >= 11 is 1.74. The highest BCUT2D eigenvalue weighted by Gasteiger charge is 2.15. The van der Waals surface area contributed by atoms with Crippen LogP contribution >= 0.6 is 11.8 Å². The lowest BCUT2D eigenvalue weighted by molar-refractivity contribution is -0.115. The molecule has 1 N–H and O–H groups in total. The van der Waals surface area contributed by atoms with Gasteiger partial charge < -0.3 is 15.0 Å². The molecule has 1 amide bonds. The first kappa shape index (κ1) is 18.7. The lowest BCUT2D eigenvalue weighted by Crippen LogP contribution is -2.37. The van der Waals surface area contributed by atoms with E-state index >= 15 is 0 Å². The lowest BCUT2D eigenvalue weighted by atomic mass is 10.2. The molecule has 0 aliphatic carbocycles. The van der Waals surface area contributed by atoms with Crippen LogP contribution in [0, 0.1) is 0 Å². The first-order valence-corrected chi connectivity index (χ1v) is 10.2. The Balaban J connectivity index is 1.87. The predicted molar refractivity (Wildman–Crippen MR) is 107 cm³/mol. The molecule has 0 bridgehead atoms. The van der Waals surface area contributed by atoms with Gasteiger partial charge in [0.1, 0.15) is 5.82 Å². The second-order valence-electron chi connectivity index (χ2n) is 6.05. The van der Waals surface area contributed by atoms with Gasteiger partial charge in [-0.3, -0.25) is 4.79 Å². The van der Waals surface area contributed by atoms with Crippen LogP contribution in [0.1, 0.15) is 19.0 Å². The van der Waals surface area contributed by atoms with Crippen molar-refractivity contribution in [3.8, 4) is 11.4 Å². The van der Waals surface area contributed by atoms with E-state index in [0.29, 0.717) is 12.2 Å². The molecule has 3 rings (SSSR count). The predicted octanol–water partition coefficient (Wildman–Crippen LogP) is 3.19. The minimum absolute atomic E-state index is 0.00516. The van der Waals surface area contributed by atoms with Crippen molar-refractivity contribution in [3.05, 3.63) is 36.0 Å². The van der Waals surface area contributed by atoms with Gasteiger partial charge in [0.15, 0.2) is 5.82 Å². The van der Waals surface area contributed by atoms with E-state index in [1.807, 2.05) is 31.2 Å². The standard InChI is InChI=1S/C19H24N4O2S/c1-3-18(24)20-15-6-4-14(5-7-15)19-21-16(13-26-2)12-17(22-19)23-8-10-25-11-9-23/h4-7,12H,3,8-11,13H2,1-2H3,(H,20,24). The highest BCUT2D eigenvalue weighted by atomic mass is 32.2. The summed E-state index contributed by atoms with van der Waals surface area (Å²) in [6, 6.07) is 9.75. The number of morpholine rings is 1. The fourth-order valence-corrected chi connectivity index (χ4v) is 3.18. The molecule has 2 aromatic rings. The van der Waals surface area contributed by atoms with E-state index in [0.717, 1.165) is 54.8 Å². The molecule has 0 saturated carbocycles. The van der Waals surface area contributed by atoms with E-state index in [-0.39, 0.29) is 5.91 Å². The Morgan fingerprint density at radius 3 is 2.62 bits per heavy atom. The van der Waals surface area contributed by atoms with Gasteiger partial charge in [-0.2, -0.15) is 11.8 Å². The zero-order chi connectivity index (χ0) is 18.4. The number of aromatic nitrogens is 2. The average Bonchev–Trinajstić information content (AvgIpc) is 2.69. The number of hydrogen-bond donors (Lipinski definition) is 1. The molecule has 26 heavy (non-hydrogen) atoms. The van der Waals surface area contributed by atoms with Crippen molar-refractivity contribution in [1.82, 2.24) is 9.97 Å². The molecule has 0 unspecified atom stereocenters. The highest BCUT2D eigenvalue weighted by Crippen LogP contribution is 2.24. The van der Waals surface area contributed by atoms with Gasteiger partial charge in [0.25, 0.3) is 0 Å². The number of nitrogens with zero attached hydrogens (tertiary/aromatic N) is 3. The van der Waals surface area contributed by atoms with Gasteiger partial charge in [-0.25, -0.2) is 9.97 Å². The van der Waals surface area contributed by atoms with Crippen molar-refractivity contribution in [2.75, 3.05) is 42.8 Å². The third-order valence-corrected chi connectivity index (χ3v) is 4.73. The van der Waals surface area contributed by atoms with Crippen molar-refractivity contribution in [2.45, 2.75) is 19.1 Å². The number of ether oxygens (including phenoxy) is 1. The largest absolute Gasteiger partial charge is 0.378 e. The molecule has 1 aromatic heterocycles. The quantitative estimate of drug-likeness (QED) is 0.840. The summed E-state index contributed by atoms with van der Waals surface area (Å²) < 4.78 is 5.44. The Labute approximate surface area is 158 Å². The topological polar surface area (TPSA) is 67.4 Å². The van der Waals surface area contributed by atoms with Gasteiger partial charge in [-0.1, -0.05) is 6.92 Å². The van der Waals surface area contributed by atoms with Crippen LogP contribution in [0.25, 0.3) is 11.4 Å². The van der Waals surface area contributed by atoms with E-state index in [4.69, 9.17) is 14.7 Å². The summed E-state index contributed by atoms with van der Waals surface area (Å²) in [5.41, 5.74) is 2.75. The van der Waals surface area contributed by atoms with Crippen LogP contribution in [0.2, 0.25) is 0 Å². The Morgan fingerprint density at radius 1 is 1.23 bits per heavy atom. The summed E-state index contributed by atoms with van der Waals surface area (Å²) in [5.74, 6) is 2.51. The molecule has 0 atom stereocenters. The number of thioether (sulfide) groups is 1. The maximum atomic E-state index is 11.5. The van der Waals surface area contributed by atoms with Crippen LogP contribution in [0.5, 0.6) is 0 Å². The molecule has 1 fully saturated rings. The second kappa shape index (κ2) is 9.00. The fraction of sp³-hybridized carbons (Fsp3) is 0.421. The zero-order valence-corrected chi connectivity index (χ0v) is 16.0. The van der Waals surface area contributed by atoms with Crippen LogP contribution in [0.4, 0.5) is 11.5 Å². The number of rotatable bonds is 6. The van der Waals surface area contributed by atoms with Crippen LogP contribution in [0.15, 0.2) is 30.3 Å². The number of nitrogens with one attached hydrogen (secondary N) is 1. The number of anilines is 2. The Kier molecular flexibility index (Phi) is 6.46. The second-order valence-corrected chi connectivity index (χ2v) is 6.92. The van der Waals surface area contributed by atoms with Crippen LogP contribution < -0.4 is 10.2 Å². The molecular formula is C19H24N4O2S. The van der Waals surface area contributed by atoms with Gasteiger partial charge in [-0.15, -0.1) is 0 Å². The smallest absolute Gasteiger partial charge is 0.224 e. The molecule has 2 heterocycles. The Morgan fingerprint density at radius 2 is 1.96 bits per heavy atom. The number of hydrogen-bond acceptors (Lipinski definition) is 6. The van der Waals surface area contributed by atoms with Gasteiger partial charge in [0.05, 0.1) is 18.9 Å². The van der Waals surface area contributed by atoms with Crippen LogP contribution in [-0.4, -0.2) is 48.4 Å². The first-order chi connectivity index (χ1) is 12.7. The van der Waals surface area contributed by atoms with Crippen molar-refractivity contribution < 1.29 is 9.53 Å². The Bertz CT molecular complexity index is 746. The minimum atomic E-state index is 0.00516. The molecule has 6 nitrogen and oxygen atoms in total. The molecule has 0 radical (unpaired) electrons. The zero-order valence-electron chi connectivity index (χ0n) is 15.2. The van der Waals surface area contributed by atoms with E-state index in [1.54, 1.807) is 11.8 Å². The Hall–Kier alpha value is -2.12. The molecule has 0 spiro atoms. The van der Waals surface area contributed by atoms with Gasteiger partial charge in [0, 0.05) is 42.6 Å². The molecule has 7 heteroatoms. The highest BCUT2D eigenvalue weighted by molar-refractivity contribution is 7.97. The molecule has 1 aliphatic heterocycles. The average molecular weight is 372 g/mol. The van der Waals surface area contributed by atoms with Crippen molar-refractivity contribution in [1.29, 1.82) is 0 Å². The van der Waals surface area contributed by atoms with Gasteiger partial charge in [0.2, 0.25) is 5.91 Å². The SMILES string of the molecule is CCC(=O)Nc1ccc(-c2nc(CSC)cc(N3CCOCC3)n2)cc1. The van der Waals surface area contributed by atoms with Gasteiger partial charge in [-0.05, 0) is 30.5 Å². The number of amides is 1. The summed E-state index contributed by atoms with van der Waals surface area (Å²) in [6.07, 6.45) is 2.53.